The first-order chi connectivity index (χ1) is 5.34. The maximum absolute atomic E-state index is 9.56. The molecule has 0 aromatic carbocycles. The van der Waals surface area contributed by atoms with Gasteiger partial charge in [0.25, 0.3) is 0 Å². The minimum atomic E-state index is -0.0391. The normalized spacial score (nSPS) is 32.2. The Morgan fingerprint density at radius 2 is 2.09 bits per heavy atom. The summed E-state index contributed by atoms with van der Waals surface area (Å²) in [6.45, 7) is 4.12. The first kappa shape index (κ1) is 9.01. The summed E-state index contributed by atoms with van der Waals surface area (Å²) in [4.78, 5) is 0. The van der Waals surface area contributed by atoms with Gasteiger partial charge >= 0.3 is 0 Å². The van der Waals surface area contributed by atoms with Gasteiger partial charge in [-0.15, -0.1) is 0 Å². The van der Waals surface area contributed by atoms with E-state index < -0.39 is 0 Å². The summed E-state index contributed by atoms with van der Waals surface area (Å²) in [7, 11) is 0. The van der Waals surface area contributed by atoms with Crippen LogP contribution in [0.5, 0.6) is 0 Å². The summed E-state index contributed by atoms with van der Waals surface area (Å²) in [5.74, 6) is 0.517. The lowest BCUT2D eigenvalue weighted by atomic mass is 9.86. The van der Waals surface area contributed by atoms with Crippen LogP contribution in [0.3, 0.4) is 0 Å². The van der Waals surface area contributed by atoms with E-state index in [1.165, 1.54) is 19.3 Å². The Morgan fingerprint density at radius 3 is 2.73 bits per heavy atom. The number of hydrogen-bond acceptors (Lipinski definition) is 2. The quantitative estimate of drug-likeness (QED) is 0.644. The minimum absolute atomic E-state index is 0.0391. The largest absolute Gasteiger partial charge is 0.393 e. The third-order valence-electron chi connectivity index (χ3n) is 2.53. The molecule has 0 radical (unpaired) electrons. The van der Waals surface area contributed by atoms with Gasteiger partial charge in [0.15, 0.2) is 0 Å². The molecule has 0 aliphatic heterocycles. The van der Waals surface area contributed by atoms with E-state index in [9.17, 15) is 5.11 Å². The van der Waals surface area contributed by atoms with Crippen LogP contribution in [0.2, 0.25) is 0 Å². The molecule has 1 aliphatic carbocycles. The summed E-state index contributed by atoms with van der Waals surface area (Å²) < 4.78 is 0. The monoisotopic (exact) mass is 157 g/mol. The van der Waals surface area contributed by atoms with E-state index in [1.54, 1.807) is 0 Å². The van der Waals surface area contributed by atoms with Crippen molar-refractivity contribution < 1.29 is 5.11 Å². The SMILES string of the molecule is CCNC[C@@H]1CCCC[C@@H]1O. The fourth-order valence-electron chi connectivity index (χ4n) is 1.76. The summed E-state index contributed by atoms with van der Waals surface area (Å²) in [6.07, 6.45) is 4.68. The predicted octanol–water partition coefficient (Wildman–Crippen LogP) is 1.15. The molecule has 1 saturated carbocycles. The zero-order valence-electron chi connectivity index (χ0n) is 7.34. The van der Waals surface area contributed by atoms with Crippen molar-refractivity contribution in [2.45, 2.75) is 38.7 Å². The molecule has 1 fully saturated rings. The fourth-order valence-corrected chi connectivity index (χ4v) is 1.76. The Balaban J connectivity index is 2.18. The highest BCUT2D eigenvalue weighted by molar-refractivity contribution is 4.75. The van der Waals surface area contributed by atoms with Gasteiger partial charge in [-0.25, -0.2) is 0 Å². The molecular formula is C9H19NO. The van der Waals surface area contributed by atoms with Gasteiger partial charge in [-0.05, 0) is 25.3 Å². The van der Waals surface area contributed by atoms with E-state index in [0.717, 1.165) is 19.5 Å². The molecule has 0 saturated heterocycles. The lowest BCUT2D eigenvalue weighted by molar-refractivity contribution is 0.0700. The van der Waals surface area contributed by atoms with E-state index in [4.69, 9.17) is 0 Å². The number of aliphatic hydroxyl groups excluding tert-OH is 1. The molecule has 11 heavy (non-hydrogen) atoms. The van der Waals surface area contributed by atoms with E-state index in [-0.39, 0.29) is 6.10 Å². The maximum atomic E-state index is 9.56. The second-order valence-corrected chi connectivity index (χ2v) is 3.42. The second-order valence-electron chi connectivity index (χ2n) is 3.42. The molecule has 2 atom stereocenters. The zero-order chi connectivity index (χ0) is 8.10. The maximum Gasteiger partial charge on any atom is 0.0580 e. The Bertz CT molecular complexity index is 106. The number of aliphatic hydroxyl groups is 1. The Labute approximate surface area is 69.0 Å². The molecule has 1 aliphatic rings. The number of hydrogen-bond donors (Lipinski definition) is 2. The van der Waals surface area contributed by atoms with Crippen LogP contribution in [-0.4, -0.2) is 24.3 Å². The average molecular weight is 157 g/mol. The molecule has 2 N–H and O–H groups in total. The molecule has 2 nitrogen and oxygen atoms in total. The minimum Gasteiger partial charge on any atom is -0.393 e. The van der Waals surface area contributed by atoms with Crippen molar-refractivity contribution in [1.82, 2.24) is 5.32 Å². The van der Waals surface area contributed by atoms with Crippen LogP contribution < -0.4 is 5.32 Å². The third kappa shape index (κ3) is 2.80. The van der Waals surface area contributed by atoms with Gasteiger partial charge in [-0.2, -0.15) is 0 Å². The van der Waals surface area contributed by atoms with Crippen LogP contribution in [0.4, 0.5) is 0 Å². The number of rotatable bonds is 3. The summed E-state index contributed by atoms with van der Waals surface area (Å²) in [6, 6.07) is 0. The molecule has 0 aromatic heterocycles. The van der Waals surface area contributed by atoms with Crippen LogP contribution in [0.15, 0.2) is 0 Å². The van der Waals surface area contributed by atoms with E-state index in [1.807, 2.05) is 0 Å². The van der Waals surface area contributed by atoms with Gasteiger partial charge in [0, 0.05) is 6.54 Å². The van der Waals surface area contributed by atoms with Crippen molar-refractivity contribution >= 4 is 0 Å². The molecule has 0 spiro atoms. The fraction of sp³-hybridized carbons (Fsp3) is 1.00. The van der Waals surface area contributed by atoms with Crippen LogP contribution in [-0.2, 0) is 0 Å². The Kier molecular flexibility index (Phi) is 3.87. The third-order valence-corrected chi connectivity index (χ3v) is 2.53. The number of nitrogens with one attached hydrogen (secondary N) is 1. The lowest BCUT2D eigenvalue weighted by Gasteiger charge is -2.27. The highest BCUT2D eigenvalue weighted by Gasteiger charge is 2.21. The van der Waals surface area contributed by atoms with Crippen molar-refractivity contribution in [3.8, 4) is 0 Å². The van der Waals surface area contributed by atoms with E-state index >= 15 is 0 Å². The van der Waals surface area contributed by atoms with E-state index in [0.29, 0.717) is 5.92 Å². The van der Waals surface area contributed by atoms with Crippen LogP contribution >= 0.6 is 0 Å². The van der Waals surface area contributed by atoms with E-state index in [2.05, 4.69) is 12.2 Å². The molecule has 1 rings (SSSR count). The van der Waals surface area contributed by atoms with Gasteiger partial charge in [0.1, 0.15) is 0 Å². The zero-order valence-corrected chi connectivity index (χ0v) is 7.34. The van der Waals surface area contributed by atoms with Crippen molar-refractivity contribution in [3.63, 3.8) is 0 Å². The smallest absolute Gasteiger partial charge is 0.0580 e. The van der Waals surface area contributed by atoms with Crippen molar-refractivity contribution in [1.29, 1.82) is 0 Å². The van der Waals surface area contributed by atoms with Crippen molar-refractivity contribution in [2.75, 3.05) is 13.1 Å². The Morgan fingerprint density at radius 1 is 1.36 bits per heavy atom. The second kappa shape index (κ2) is 4.73. The predicted molar refractivity (Wildman–Crippen MR) is 46.5 cm³/mol. The van der Waals surface area contributed by atoms with Crippen LogP contribution in [0, 0.1) is 5.92 Å². The van der Waals surface area contributed by atoms with Crippen molar-refractivity contribution in [3.05, 3.63) is 0 Å². The summed E-state index contributed by atoms with van der Waals surface area (Å²) >= 11 is 0. The lowest BCUT2D eigenvalue weighted by Crippen LogP contribution is -2.33. The van der Waals surface area contributed by atoms with Crippen molar-refractivity contribution in [2.24, 2.45) is 5.92 Å². The molecular weight excluding hydrogens is 138 g/mol. The highest BCUT2D eigenvalue weighted by Crippen LogP contribution is 2.23. The molecule has 0 aromatic rings. The van der Waals surface area contributed by atoms with Crippen LogP contribution in [0.25, 0.3) is 0 Å². The molecule has 0 bridgehead atoms. The molecule has 0 unspecified atom stereocenters. The van der Waals surface area contributed by atoms with Crippen LogP contribution in [0.1, 0.15) is 32.6 Å². The molecule has 0 heterocycles. The topological polar surface area (TPSA) is 32.3 Å². The molecule has 2 heteroatoms. The molecule has 0 amide bonds. The van der Waals surface area contributed by atoms with Gasteiger partial charge in [0.05, 0.1) is 6.10 Å². The first-order valence-electron chi connectivity index (χ1n) is 4.73. The average Bonchev–Trinajstić information content (AvgIpc) is 2.03. The summed E-state index contributed by atoms with van der Waals surface area (Å²) in [5.41, 5.74) is 0. The van der Waals surface area contributed by atoms with Gasteiger partial charge in [-0.1, -0.05) is 19.8 Å². The van der Waals surface area contributed by atoms with Gasteiger partial charge in [-0.3, -0.25) is 0 Å². The Hall–Kier alpha value is -0.0800. The molecule has 66 valence electrons. The standard InChI is InChI=1S/C9H19NO/c1-2-10-7-8-5-3-4-6-9(8)11/h8-11H,2-7H2,1H3/t8-,9-/m0/s1. The first-order valence-corrected chi connectivity index (χ1v) is 4.73. The summed E-state index contributed by atoms with van der Waals surface area (Å²) in [5, 5.41) is 12.8. The van der Waals surface area contributed by atoms with Gasteiger partial charge in [0.2, 0.25) is 0 Å². The van der Waals surface area contributed by atoms with Gasteiger partial charge < -0.3 is 10.4 Å². The highest BCUT2D eigenvalue weighted by atomic mass is 16.3.